The van der Waals surface area contributed by atoms with Crippen molar-refractivity contribution in [1.82, 2.24) is 0 Å². The minimum absolute atomic E-state index is 0.242. The van der Waals surface area contributed by atoms with E-state index in [1.807, 2.05) is 0 Å². The Balaban J connectivity index is 1.93. The topological polar surface area (TPSA) is 9.23 Å². The Hall–Kier alpha value is -0.570. The van der Waals surface area contributed by atoms with Crippen molar-refractivity contribution in [3.8, 4) is 5.75 Å². The van der Waals surface area contributed by atoms with Crippen molar-refractivity contribution in [2.75, 3.05) is 6.61 Å². The van der Waals surface area contributed by atoms with E-state index in [1.54, 1.807) is 6.07 Å². The number of halogens is 2. The third kappa shape index (κ3) is 9.13. The van der Waals surface area contributed by atoms with Crippen LogP contribution in [0.1, 0.15) is 71.1 Å². The van der Waals surface area contributed by atoms with Crippen molar-refractivity contribution in [1.29, 1.82) is 0 Å². The number of hydrogen-bond acceptors (Lipinski definition) is 1. The molecule has 0 fully saturated rings. The summed E-state index contributed by atoms with van der Waals surface area (Å²) >= 11 is 3.31. The molecule has 0 radical (unpaired) electrons. The number of unbranched alkanes of at least 4 members (excludes halogenated alkanes) is 9. The Bertz CT molecular complexity index is 381. The van der Waals surface area contributed by atoms with Gasteiger partial charge < -0.3 is 4.74 Å². The van der Waals surface area contributed by atoms with E-state index in [4.69, 9.17) is 4.74 Å². The van der Waals surface area contributed by atoms with E-state index < -0.39 is 0 Å². The van der Waals surface area contributed by atoms with Crippen LogP contribution in [0.5, 0.6) is 5.75 Å². The van der Waals surface area contributed by atoms with Crippen molar-refractivity contribution in [2.45, 2.75) is 71.1 Å². The molecule has 0 aliphatic carbocycles. The van der Waals surface area contributed by atoms with Crippen molar-refractivity contribution < 1.29 is 9.13 Å². The van der Waals surface area contributed by atoms with Gasteiger partial charge in [-0.1, -0.05) is 64.7 Å². The second-order valence-corrected chi connectivity index (χ2v) is 6.46. The van der Waals surface area contributed by atoms with Gasteiger partial charge in [0.05, 0.1) is 11.1 Å². The molecule has 0 aliphatic rings. The Morgan fingerprint density at radius 2 is 1.48 bits per heavy atom. The van der Waals surface area contributed by atoms with Crippen LogP contribution >= 0.6 is 15.9 Å². The van der Waals surface area contributed by atoms with Crippen molar-refractivity contribution in [3.05, 3.63) is 28.5 Å². The standard InChI is InChI=1S/C18H28BrFO/c1-2-3-4-5-6-7-8-9-10-11-14-21-18-13-12-16(20)15-17(18)19/h12-13,15H,2-11,14H2,1H3. The van der Waals surface area contributed by atoms with Gasteiger partial charge in [-0.15, -0.1) is 0 Å². The highest BCUT2D eigenvalue weighted by Gasteiger charge is 2.02. The summed E-state index contributed by atoms with van der Waals surface area (Å²) in [5.74, 6) is 0.487. The van der Waals surface area contributed by atoms with E-state index in [0.717, 1.165) is 12.2 Å². The molecule has 0 atom stereocenters. The van der Waals surface area contributed by atoms with Crippen LogP contribution in [0.15, 0.2) is 22.7 Å². The van der Waals surface area contributed by atoms with Crippen LogP contribution in [-0.4, -0.2) is 6.61 Å². The van der Waals surface area contributed by atoms with Crippen LogP contribution in [0.25, 0.3) is 0 Å². The molecule has 0 N–H and O–H groups in total. The Morgan fingerprint density at radius 1 is 0.905 bits per heavy atom. The number of rotatable bonds is 12. The van der Waals surface area contributed by atoms with Gasteiger partial charge >= 0.3 is 0 Å². The Labute approximate surface area is 137 Å². The van der Waals surface area contributed by atoms with Crippen LogP contribution in [-0.2, 0) is 0 Å². The monoisotopic (exact) mass is 358 g/mol. The maximum Gasteiger partial charge on any atom is 0.133 e. The summed E-state index contributed by atoms with van der Waals surface area (Å²) in [5, 5.41) is 0. The number of benzene rings is 1. The maximum absolute atomic E-state index is 12.9. The van der Waals surface area contributed by atoms with Gasteiger partial charge in [-0.05, 0) is 40.5 Å². The number of hydrogen-bond donors (Lipinski definition) is 0. The van der Waals surface area contributed by atoms with Crippen LogP contribution in [0, 0.1) is 5.82 Å². The second kappa shape index (κ2) is 12.0. The normalized spacial score (nSPS) is 10.8. The molecule has 21 heavy (non-hydrogen) atoms. The van der Waals surface area contributed by atoms with Gasteiger partial charge in [0.15, 0.2) is 0 Å². The molecule has 0 amide bonds. The summed E-state index contributed by atoms with van der Waals surface area (Å²) in [4.78, 5) is 0. The second-order valence-electron chi connectivity index (χ2n) is 5.61. The zero-order chi connectivity index (χ0) is 15.3. The van der Waals surface area contributed by atoms with Gasteiger partial charge in [0.25, 0.3) is 0 Å². The van der Waals surface area contributed by atoms with E-state index in [1.165, 1.54) is 69.9 Å². The lowest BCUT2D eigenvalue weighted by Gasteiger charge is -2.08. The van der Waals surface area contributed by atoms with E-state index in [0.29, 0.717) is 11.1 Å². The zero-order valence-corrected chi connectivity index (χ0v) is 14.8. The molecule has 0 spiro atoms. The molecule has 1 rings (SSSR count). The SMILES string of the molecule is CCCCCCCCCCCCOc1ccc(F)cc1Br. The summed E-state index contributed by atoms with van der Waals surface area (Å²) in [7, 11) is 0. The van der Waals surface area contributed by atoms with Gasteiger partial charge in [-0.3, -0.25) is 0 Å². The lowest BCUT2D eigenvalue weighted by atomic mass is 10.1. The van der Waals surface area contributed by atoms with Crippen LogP contribution in [0.4, 0.5) is 4.39 Å². The summed E-state index contributed by atoms with van der Waals surface area (Å²) in [6.07, 6.45) is 13.2. The fourth-order valence-corrected chi connectivity index (χ4v) is 2.83. The quantitative estimate of drug-likeness (QED) is 0.369. The predicted molar refractivity (Wildman–Crippen MR) is 91.4 cm³/mol. The smallest absolute Gasteiger partial charge is 0.133 e. The molecular weight excluding hydrogens is 331 g/mol. The minimum Gasteiger partial charge on any atom is -0.492 e. The lowest BCUT2D eigenvalue weighted by molar-refractivity contribution is 0.302. The van der Waals surface area contributed by atoms with E-state index in [-0.39, 0.29) is 5.82 Å². The fraction of sp³-hybridized carbons (Fsp3) is 0.667. The highest BCUT2D eigenvalue weighted by molar-refractivity contribution is 9.10. The summed E-state index contributed by atoms with van der Waals surface area (Å²) in [6.45, 7) is 2.97. The van der Waals surface area contributed by atoms with Crippen LogP contribution in [0.2, 0.25) is 0 Å². The van der Waals surface area contributed by atoms with Gasteiger partial charge in [0.2, 0.25) is 0 Å². The first-order chi connectivity index (χ1) is 10.2. The zero-order valence-electron chi connectivity index (χ0n) is 13.2. The molecule has 1 nitrogen and oxygen atoms in total. The first-order valence-corrected chi connectivity index (χ1v) is 9.11. The molecule has 1 aromatic rings. The Morgan fingerprint density at radius 3 is 2.05 bits per heavy atom. The maximum atomic E-state index is 12.9. The van der Waals surface area contributed by atoms with E-state index in [9.17, 15) is 4.39 Å². The summed E-state index contributed by atoms with van der Waals surface area (Å²) < 4.78 is 19.3. The average molecular weight is 359 g/mol. The molecule has 1 aromatic carbocycles. The van der Waals surface area contributed by atoms with E-state index >= 15 is 0 Å². The molecule has 120 valence electrons. The number of ether oxygens (including phenoxy) is 1. The fourth-order valence-electron chi connectivity index (χ4n) is 2.36. The highest BCUT2D eigenvalue weighted by Crippen LogP contribution is 2.25. The first-order valence-electron chi connectivity index (χ1n) is 8.32. The van der Waals surface area contributed by atoms with Crippen molar-refractivity contribution >= 4 is 15.9 Å². The minimum atomic E-state index is -0.242. The van der Waals surface area contributed by atoms with Crippen molar-refractivity contribution in [2.24, 2.45) is 0 Å². The van der Waals surface area contributed by atoms with E-state index in [2.05, 4.69) is 22.9 Å². The Kier molecular flexibility index (Phi) is 10.6. The predicted octanol–water partition coefficient (Wildman–Crippen LogP) is 6.89. The molecule has 0 saturated carbocycles. The van der Waals surface area contributed by atoms with Gasteiger partial charge in [-0.2, -0.15) is 0 Å². The van der Waals surface area contributed by atoms with Gasteiger partial charge in [0.1, 0.15) is 11.6 Å². The molecular formula is C18H28BrFO. The van der Waals surface area contributed by atoms with Gasteiger partial charge in [0, 0.05) is 0 Å². The largest absolute Gasteiger partial charge is 0.492 e. The highest BCUT2D eigenvalue weighted by atomic mass is 79.9. The molecule has 0 aliphatic heterocycles. The van der Waals surface area contributed by atoms with Crippen molar-refractivity contribution in [3.63, 3.8) is 0 Å². The molecule has 0 bridgehead atoms. The molecule has 3 heteroatoms. The molecule has 0 saturated heterocycles. The lowest BCUT2D eigenvalue weighted by Crippen LogP contribution is -1.98. The summed E-state index contributed by atoms with van der Waals surface area (Å²) in [5.41, 5.74) is 0. The van der Waals surface area contributed by atoms with Crippen LogP contribution in [0.3, 0.4) is 0 Å². The molecule has 0 aromatic heterocycles. The van der Waals surface area contributed by atoms with Gasteiger partial charge in [-0.25, -0.2) is 4.39 Å². The first kappa shape index (κ1) is 18.5. The van der Waals surface area contributed by atoms with Crippen LogP contribution < -0.4 is 4.74 Å². The third-order valence-corrected chi connectivity index (χ3v) is 4.27. The average Bonchev–Trinajstić information content (AvgIpc) is 2.46. The molecule has 0 unspecified atom stereocenters. The third-order valence-electron chi connectivity index (χ3n) is 3.65. The summed E-state index contributed by atoms with van der Waals surface area (Å²) in [6, 6.07) is 4.54. The molecule has 0 heterocycles.